The zero-order valence-corrected chi connectivity index (χ0v) is 11.8. The van der Waals surface area contributed by atoms with Crippen molar-refractivity contribution in [3.63, 3.8) is 0 Å². The Labute approximate surface area is 113 Å². The van der Waals surface area contributed by atoms with Crippen LogP contribution in [0.2, 0.25) is 0 Å². The number of nitrogens with two attached hydrogens (primary N) is 2. The zero-order valence-electron chi connectivity index (χ0n) is 11.0. The Bertz CT molecular complexity index is 376. The summed E-state index contributed by atoms with van der Waals surface area (Å²) in [6, 6.07) is -0.681. The summed E-state index contributed by atoms with van der Waals surface area (Å²) in [5, 5.41) is 2.68. The maximum absolute atomic E-state index is 12.3. The van der Waals surface area contributed by atoms with Crippen molar-refractivity contribution >= 4 is 29.0 Å². The molecule has 0 aromatic rings. The molecule has 6 heteroatoms. The van der Waals surface area contributed by atoms with E-state index in [1.807, 2.05) is 20.8 Å². The Morgan fingerprint density at radius 1 is 1.33 bits per heavy atom. The molecule has 1 saturated carbocycles. The van der Waals surface area contributed by atoms with Gasteiger partial charge in [-0.3, -0.25) is 9.59 Å². The first kappa shape index (κ1) is 14.9. The molecule has 0 spiro atoms. The highest BCUT2D eigenvalue weighted by Crippen LogP contribution is 2.46. The molecule has 0 radical (unpaired) electrons. The smallest absolute Gasteiger partial charge is 0.240 e. The fourth-order valence-electron chi connectivity index (χ4n) is 2.47. The fraction of sp³-hybridized carbons (Fsp3) is 0.750. The second kappa shape index (κ2) is 5.22. The van der Waals surface area contributed by atoms with Crippen LogP contribution in [0.25, 0.3) is 0 Å². The molecule has 5 N–H and O–H groups in total. The topological polar surface area (TPSA) is 98.2 Å². The lowest BCUT2D eigenvalue weighted by atomic mass is 9.62. The van der Waals surface area contributed by atoms with Crippen molar-refractivity contribution in [2.75, 3.05) is 0 Å². The number of amides is 2. The Balaban J connectivity index is 2.80. The Hall–Kier alpha value is -1.17. The number of rotatable bonds is 5. The molecular formula is C12H21N3O2S. The van der Waals surface area contributed by atoms with Crippen LogP contribution in [0.3, 0.4) is 0 Å². The molecule has 1 unspecified atom stereocenters. The average molecular weight is 271 g/mol. The quantitative estimate of drug-likeness (QED) is 0.627. The van der Waals surface area contributed by atoms with E-state index in [1.54, 1.807) is 0 Å². The highest BCUT2D eigenvalue weighted by Gasteiger charge is 2.51. The molecule has 102 valence electrons. The minimum absolute atomic E-state index is 0.0626. The third-order valence-electron chi connectivity index (χ3n) is 3.56. The summed E-state index contributed by atoms with van der Waals surface area (Å²) in [4.78, 5) is 23.8. The normalized spacial score (nSPS) is 28.3. The van der Waals surface area contributed by atoms with Crippen molar-refractivity contribution in [3.8, 4) is 0 Å². The summed E-state index contributed by atoms with van der Waals surface area (Å²) in [5.74, 6) is -0.454. The van der Waals surface area contributed by atoms with E-state index in [9.17, 15) is 9.59 Å². The molecule has 0 bridgehead atoms. The molecule has 1 fully saturated rings. The third kappa shape index (κ3) is 2.63. The van der Waals surface area contributed by atoms with Crippen LogP contribution < -0.4 is 16.8 Å². The molecule has 0 saturated heterocycles. The molecule has 0 heterocycles. The summed E-state index contributed by atoms with van der Waals surface area (Å²) in [6.45, 7) is 5.69. The minimum Gasteiger partial charge on any atom is -0.392 e. The van der Waals surface area contributed by atoms with Crippen molar-refractivity contribution < 1.29 is 9.59 Å². The number of carbonyl (C=O) groups excluding carboxylic acids is 2. The summed E-state index contributed by atoms with van der Waals surface area (Å²) in [7, 11) is 0. The van der Waals surface area contributed by atoms with E-state index >= 15 is 0 Å². The summed E-state index contributed by atoms with van der Waals surface area (Å²) in [6.07, 6.45) is 1.27. The van der Waals surface area contributed by atoms with Crippen molar-refractivity contribution in [3.05, 3.63) is 0 Å². The van der Waals surface area contributed by atoms with Gasteiger partial charge >= 0.3 is 0 Å². The van der Waals surface area contributed by atoms with Crippen molar-refractivity contribution in [1.82, 2.24) is 5.32 Å². The molecule has 5 nitrogen and oxygen atoms in total. The van der Waals surface area contributed by atoms with Gasteiger partial charge < -0.3 is 16.8 Å². The summed E-state index contributed by atoms with van der Waals surface area (Å²) in [5.41, 5.74) is 10.2. The molecule has 0 aromatic heterocycles. The number of nitrogens with one attached hydrogen (secondary N) is 1. The van der Waals surface area contributed by atoms with Gasteiger partial charge in [0.05, 0.1) is 10.4 Å². The molecule has 2 amide bonds. The third-order valence-corrected chi connectivity index (χ3v) is 3.95. The number of primary amides is 1. The van der Waals surface area contributed by atoms with E-state index in [2.05, 4.69) is 5.32 Å². The van der Waals surface area contributed by atoms with Gasteiger partial charge in [-0.2, -0.15) is 0 Å². The van der Waals surface area contributed by atoms with Gasteiger partial charge in [-0.15, -0.1) is 0 Å². The predicted octanol–water partition coefficient (Wildman–Crippen LogP) is 0.315. The molecule has 0 aliphatic heterocycles. The van der Waals surface area contributed by atoms with Gasteiger partial charge in [-0.25, -0.2) is 0 Å². The lowest BCUT2D eigenvalue weighted by Crippen LogP contribution is -2.60. The Morgan fingerprint density at radius 2 is 1.83 bits per heavy atom. The van der Waals surface area contributed by atoms with Crippen molar-refractivity contribution in [1.29, 1.82) is 0 Å². The highest BCUT2D eigenvalue weighted by molar-refractivity contribution is 7.80. The fourth-order valence-corrected chi connectivity index (χ4v) is 2.73. The van der Waals surface area contributed by atoms with Crippen LogP contribution in [0, 0.1) is 17.3 Å². The number of carbonyl (C=O) groups is 2. The van der Waals surface area contributed by atoms with Crippen LogP contribution in [-0.2, 0) is 9.59 Å². The monoisotopic (exact) mass is 271 g/mol. The SMILES string of the molecule is CC1CC(C(=O)NC(C(N)=O)C(C)C)(C(N)=S)C1. The van der Waals surface area contributed by atoms with Crippen LogP contribution in [0.1, 0.15) is 33.6 Å². The largest absolute Gasteiger partial charge is 0.392 e. The Morgan fingerprint density at radius 3 is 2.11 bits per heavy atom. The first-order chi connectivity index (χ1) is 8.20. The standard InChI is InChI=1S/C12H21N3O2S/c1-6(2)8(9(13)16)15-11(17)12(10(14)18)4-7(3)5-12/h6-8H,4-5H2,1-3H3,(H2,13,16)(H2,14,18)(H,15,17). The second-order valence-corrected chi connectivity index (χ2v) is 6.00. The Kier molecular flexibility index (Phi) is 4.32. The molecule has 18 heavy (non-hydrogen) atoms. The van der Waals surface area contributed by atoms with Crippen molar-refractivity contribution in [2.45, 2.75) is 39.7 Å². The van der Waals surface area contributed by atoms with Crippen LogP contribution >= 0.6 is 12.2 Å². The zero-order chi connectivity index (χ0) is 14.1. The van der Waals surface area contributed by atoms with Gasteiger partial charge in [0.2, 0.25) is 11.8 Å². The number of hydrogen-bond donors (Lipinski definition) is 3. The molecule has 0 aromatic carbocycles. The molecule has 1 aliphatic carbocycles. The van der Waals surface area contributed by atoms with Crippen LogP contribution in [0.5, 0.6) is 0 Å². The van der Waals surface area contributed by atoms with Crippen molar-refractivity contribution in [2.24, 2.45) is 28.7 Å². The molecular weight excluding hydrogens is 250 g/mol. The van der Waals surface area contributed by atoms with E-state index in [4.69, 9.17) is 23.7 Å². The van der Waals surface area contributed by atoms with E-state index in [1.165, 1.54) is 0 Å². The van der Waals surface area contributed by atoms with Gasteiger partial charge in [-0.05, 0) is 24.7 Å². The van der Waals surface area contributed by atoms with Crippen LogP contribution in [0.15, 0.2) is 0 Å². The first-order valence-corrected chi connectivity index (χ1v) is 6.51. The highest BCUT2D eigenvalue weighted by atomic mass is 32.1. The van der Waals surface area contributed by atoms with Gasteiger partial charge in [0.25, 0.3) is 0 Å². The van der Waals surface area contributed by atoms with Gasteiger partial charge in [-0.1, -0.05) is 33.0 Å². The average Bonchev–Trinajstić information content (AvgIpc) is 2.19. The minimum atomic E-state index is -0.794. The second-order valence-electron chi connectivity index (χ2n) is 5.56. The lowest BCUT2D eigenvalue weighted by molar-refractivity contribution is -0.136. The van der Waals surface area contributed by atoms with Gasteiger partial charge in [0.15, 0.2) is 0 Å². The molecule has 1 rings (SSSR count). The number of hydrogen-bond acceptors (Lipinski definition) is 3. The molecule has 1 atom stereocenters. The maximum atomic E-state index is 12.3. The maximum Gasteiger partial charge on any atom is 0.240 e. The summed E-state index contributed by atoms with van der Waals surface area (Å²) < 4.78 is 0. The van der Waals surface area contributed by atoms with E-state index in [-0.39, 0.29) is 16.8 Å². The predicted molar refractivity (Wildman–Crippen MR) is 73.6 cm³/mol. The summed E-state index contributed by atoms with van der Waals surface area (Å²) >= 11 is 4.99. The van der Waals surface area contributed by atoms with E-state index in [0.29, 0.717) is 18.8 Å². The first-order valence-electron chi connectivity index (χ1n) is 6.11. The molecule has 1 aliphatic rings. The van der Waals surface area contributed by atoms with Gasteiger partial charge in [0, 0.05) is 0 Å². The van der Waals surface area contributed by atoms with Crippen LogP contribution in [0.4, 0.5) is 0 Å². The van der Waals surface area contributed by atoms with E-state index < -0.39 is 17.4 Å². The lowest BCUT2D eigenvalue weighted by Gasteiger charge is -2.44. The van der Waals surface area contributed by atoms with Gasteiger partial charge in [0.1, 0.15) is 6.04 Å². The number of thiocarbonyl (C=S) groups is 1. The van der Waals surface area contributed by atoms with E-state index in [0.717, 1.165) is 0 Å². The van der Waals surface area contributed by atoms with Crippen LogP contribution in [-0.4, -0.2) is 22.8 Å².